The van der Waals surface area contributed by atoms with Crippen molar-refractivity contribution in [1.82, 2.24) is 4.90 Å². The number of nitrogens with two attached hydrogens (primary N) is 1. The van der Waals surface area contributed by atoms with E-state index in [4.69, 9.17) is 16.4 Å². The molecule has 9 heteroatoms. The smallest absolute Gasteiger partial charge is 0.293 e. The fraction of sp³-hybridized carbons (Fsp3) is 0.182. The Morgan fingerprint density at radius 3 is 2.45 bits per heavy atom. The predicted molar refractivity (Wildman–Crippen MR) is 68.0 cm³/mol. The van der Waals surface area contributed by atoms with Gasteiger partial charge in [0, 0.05) is 11.6 Å². The van der Waals surface area contributed by atoms with E-state index >= 15 is 0 Å². The molecule has 0 fully saturated rings. The molecule has 0 saturated heterocycles. The van der Waals surface area contributed by atoms with Gasteiger partial charge in [-0.1, -0.05) is 0 Å². The summed E-state index contributed by atoms with van der Waals surface area (Å²) < 4.78 is 0. The molecule has 1 amide bonds. The Morgan fingerprint density at radius 1 is 1.40 bits per heavy atom. The maximum Gasteiger partial charge on any atom is 0.293 e. The summed E-state index contributed by atoms with van der Waals surface area (Å²) in [7, 11) is 0. The number of hydrogen-bond acceptors (Lipinski definition) is 7. The number of rotatable bonds is 5. The number of hydrogen-bond donors (Lipinski definition) is 2. The minimum absolute atomic E-state index is 0.0327. The topological polar surface area (TPSA) is 149 Å². The number of amides is 1. The number of nitro benzene ring substituents is 1. The van der Waals surface area contributed by atoms with Crippen LogP contribution in [-0.2, 0) is 0 Å². The van der Waals surface area contributed by atoms with Crippen LogP contribution < -0.4 is 11.3 Å². The van der Waals surface area contributed by atoms with Gasteiger partial charge >= 0.3 is 0 Å². The quantitative estimate of drug-likeness (QED) is 0.341. The Bertz CT molecular complexity index is 600. The van der Waals surface area contributed by atoms with Crippen molar-refractivity contribution in [3.05, 3.63) is 33.9 Å². The number of carbonyl (C=O) groups excluding carboxylic acids is 1. The molecule has 0 radical (unpaired) electrons. The zero-order chi connectivity index (χ0) is 15.1. The number of nitrogens with zero attached hydrogens (tertiary/aromatic N) is 4. The van der Waals surface area contributed by atoms with Gasteiger partial charge in [-0.15, -0.1) is 0 Å². The summed E-state index contributed by atoms with van der Waals surface area (Å²) in [5.74, 6) is 4.58. The fourth-order valence-corrected chi connectivity index (χ4v) is 1.50. The number of hydrazine groups is 1. The molecule has 0 spiro atoms. The summed E-state index contributed by atoms with van der Waals surface area (Å²) in [5.41, 5.74) is 1.91. The fourth-order valence-electron chi connectivity index (χ4n) is 1.50. The van der Waals surface area contributed by atoms with Crippen LogP contribution in [0, 0.1) is 32.8 Å². The van der Waals surface area contributed by atoms with Crippen LogP contribution in [-0.4, -0.2) is 28.8 Å². The Morgan fingerprint density at radius 2 is 2.00 bits per heavy atom. The summed E-state index contributed by atoms with van der Waals surface area (Å²) in [6, 6.07) is 7.09. The molecule has 0 aromatic heterocycles. The highest BCUT2D eigenvalue weighted by Crippen LogP contribution is 2.25. The number of nitrogen functional groups attached to an aromatic ring is 1. The Hall–Kier alpha value is -3.17. The molecule has 1 aromatic rings. The van der Waals surface area contributed by atoms with E-state index in [0.717, 1.165) is 11.0 Å². The van der Waals surface area contributed by atoms with Crippen molar-refractivity contribution in [3.8, 4) is 12.1 Å². The van der Waals surface area contributed by atoms with E-state index in [-0.39, 0.29) is 30.0 Å². The van der Waals surface area contributed by atoms with Crippen LogP contribution >= 0.6 is 0 Å². The lowest BCUT2D eigenvalue weighted by atomic mass is 10.1. The van der Waals surface area contributed by atoms with E-state index in [9.17, 15) is 14.9 Å². The molecule has 20 heavy (non-hydrogen) atoms. The molecule has 0 aliphatic rings. The molecule has 9 nitrogen and oxygen atoms in total. The van der Waals surface area contributed by atoms with Gasteiger partial charge in [0.15, 0.2) is 0 Å². The van der Waals surface area contributed by atoms with E-state index in [2.05, 4.69) is 5.43 Å². The molecule has 0 aliphatic carbocycles. The lowest BCUT2D eigenvalue weighted by Crippen LogP contribution is -2.31. The standard InChI is InChI=1S/C11H10N6O3/c12-3-5-16(6-4-13)11(18)8-1-2-10(17(19)20)9(7-8)15-14/h1-2,7,15H,5-6,14H2. The van der Waals surface area contributed by atoms with Crippen LogP contribution in [0.15, 0.2) is 18.2 Å². The maximum atomic E-state index is 12.1. The monoisotopic (exact) mass is 274 g/mol. The molecule has 0 unspecified atom stereocenters. The van der Waals surface area contributed by atoms with Crippen molar-refractivity contribution in [1.29, 1.82) is 10.5 Å². The average Bonchev–Trinajstić information content (AvgIpc) is 2.45. The summed E-state index contributed by atoms with van der Waals surface area (Å²) >= 11 is 0. The number of carbonyl (C=O) groups is 1. The highest BCUT2D eigenvalue weighted by Gasteiger charge is 2.19. The largest absolute Gasteiger partial charge is 0.318 e. The van der Waals surface area contributed by atoms with Crippen molar-refractivity contribution in [3.63, 3.8) is 0 Å². The van der Waals surface area contributed by atoms with Crippen molar-refractivity contribution < 1.29 is 9.72 Å². The van der Waals surface area contributed by atoms with Gasteiger partial charge in [-0.2, -0.15) is 10.5 Å². The number of nitrogens with one attached hydrogen (secondary N) is 1. The van der Waals surface area contributed by atoms with Gasteiger partial charge in [0.25, 0.3) is 11.6 Å². The molecule has 0 saturated carbocycles. The molecule has 3 N–H and O–H groups in total. The number of nitriles is 2. The third-order valence-corrected chi connectivity index (χ3v) is 2.41. The van der Waals surface area contributed by atoms with Gasteiger partial charge in [0.2, 0.25) is 0 Å². The van der Waals surface area contributed by atoms with Crippen molar-refractivity contribution in [2.45, 2.75) is 0 Å². The van der Waals surface area contributed by atoms with E-state index in [1.807, 2.05) is 0 Å². The van der Waals surface area contributed by atoms with Crippen molar-refractivity contribution in [2.75, 3.05) is 18.5 Å². The van der Waals surface area contributed by atoms with E-state index in [1.165, 1.54) is 12.1 Å². The lowest BCUT2D eigenvalue weighted by molar-refractivity contribution is -0.384. The van der Waals surface area contributed by atoms with Crippen LogP contribution in [0.1, 0.15) is 10.4 Å². The summed E-state index contributed by atoms with van der Waals surface area (Å²) in [6.45, 7) is -0.510. The summed E-state index contributed by atoms with van der Waals surface area (Å²) in [5, 5.41) is 27.9. The van der Waals surface area contributed by atoms with Gasteiger partial charge in [0.05, 0.1) is 17.1 Å². The van der Waals surface area contributed by atoms with Gasteiger partial charge < -0.3 is 10.3 Å². The first-order chi connectivity index (χ1) is 9.54. The van der Waals surface area contributed by atoms with Gasteiger partial charge in [-0.25, -0.2) is 0 Å². The zero-order valence-corrected chi connectivity index (χ0v) is 10.2. The average molecular weight is 274 g/mol. The van der Waals surface area contributed by atoms with Crippen LogP contribution in [0.25, 0.3) is 0 Å². The molecular weight excluding hydrogens is 264 g/mol. The van der Waals surface area contributed by atoms with Gasteiger partial charge in [-0.3, -0.25) is 20.8 Å². The number of nitro groups is 1. The minimum atomic E-state index is -0.647. The third-order valence-electron chi connectivity index (χ3n) is 2.41. The van der Waals surface area contributed by atoms with Gasteiger partial charge in [-0.05, 0) is 12.1 Å². The van der Waals surface area contributed by atoms with Crippen LogP contribution in [0.3, 0.4) is 0 Å². The normalized spacial score (nSPS) is 9.15. The van der Waals surface area contributed by atoms with Gasteiger partial charge in [0.1, 0.15) is 18.8 Å². The molecule has 0 bridgehead atoms. The number of benzene rings is 1. The zero-order valence-electron chi connectivity index (χ0n) is 10.2. The first-order valence-electron chi connectivity index (χ1n) is 5.33. The third kappa shape index (κ3) is 3.19. The Labute approximate surface area is 113 Å². The maximum absolute atomic E-state index is 12.1. The van der Waals surface area contributed by atoms with E-state index < -0.39 is 10.8 Å². The molecule has 102 valence electrons. The predicted octanol–water partition coefficient (Wildman–Crippen LogP) is 0.370. The van der Waals surface area contributed by atoms with Crippen molar-refractivity contribution in [2.24, 2.45) is 5.84 Å². The second-order valence-electron chi connectivity index (χ2n) is 3.61. The molecule has 1 aromatic carbocycles. The first-order valence-corrected chi connectivity index (χ1v) is 5.33. The summed E-state index contributed by atoms with van der Waals surface area (Å²) in [6.07, 6.45) is 0. The Kier molecular flexibility index (Phi) is 4.97. The molecule has 0 aliphatic heterocycles. The number of anilines is 1. The van der Waals surface area contributed by atoms with E-state index in [1.54, 1.807) is 12.1 Å². The highest BCUT2D eigenvalue weighted by atomic mass is 16.6. The van der Waals surface area contributed by atoms with Crippen LogP contribution in [0.2, 0.25) is 0 Å². The van der Waals surface area contributed by atoms with Crippen LogP contribution in [0.4, 0.5) is 11.4 Å². The van der Waals surface area contributed by atoms with E-state index in [0.29, 0.717) is 0 Å². The molecule has 0 atom stereocenters. The lowest BCUT2D eigenvalue weighted by Gasteiger charge is -2.16. The highest BCUT2D eigenvalue weighted by molar-refractivity contribution is 5.96. The minimum Gasteiger partial charge on any atom is -0.318 e. The summed E-state index contributed by atoms with van der Waals surface area (Å²) in [4.78, 5) is 23.2. The molecular formula is C11H10N6O3. The SMILES string of the molecule is N#CCN(CC#N)C(=O)c1ccc([N+](=O)[O-])c(NN)c1. The Balaban J connectivity index is 3.14. The molecule has 0 heterocycles. The molecule has 1 rings (SSSR count). The first kappa shape index (κ1) is 14.9. The van der Waals surface area contributed by atoms with Crippen molar-refractivity contribution >= 4 is 17.3 Å². The second-order valence-corrected chi connectivity index (χ2v) is 3.61. The van der Waals surface area contributed by atoms with Crippen LogP contribution in [0.5, 0.6) is 0 Å². The second kappa shape index (κ2) is 6.68.